The summed E-state index contributed by atoms with van der Waals surface area (Å²) in [5.74, 6) is 1.83. The maximum Gasteiger partial charge on any atom is 0.133 e. The first-order chi connectivity index (χ1) is 8.19. The smallest absolute Gasteiger partial charge is 0.133 e. The number of alkyl halides is 1. The average Bonchev–Trinajstić information content (AvgIpc) is 2.32. The minimum atomic E-state index is 0.392. The van der Waals surface area contributed by atoms with Crippen LogP contribution < -0.4 is 4.74 Å². The molecule has 17 heavy (non-hydrogen) atoms. The highest BCUT2D eigenvalue weighted by Crippen LogP contribution is 2.30. The molecule has 0 bridgehead atoms. The molecule has 1 nitrogen and oxygen atoms in total. The van der Waals surface area contributed by atoms with Crippen LogP contribution in [0.3, 0.4) is 0 Å². The monoisotopic (exact) mass is 330 g/mol. The van der Waals surface area contributed by atoms with E-state index in [1.165, 1.54) is 0 Å². The Labute approximate surface area is 118 Å². The summed E-state index contributed by atoms with van der Waals surface area (Å²) in [6, 6.07) is 13.0. The standard InChI is InChI=1S/C13H9BrCl2O/c14-10-2-5-12(6-3-10)17-13-7-11(16)4-1-9(13)8-15/h1-7H,8H2. The third-order valence-corrected chi connectivity index (χ3v) is 3.27. The lowest BCUT2D eigenvalue weighted by Gasteiger charge is -2.10. The maximum absolute atomic E-state index is 5.93. The Bertz CT molecular complexity index is 511. The molecule has 0 radical (unpaired) electrons. The highest BCUT2D eigenvalue weighted by Gasteiger charge is 2.05. The van der Waals surface area contributed by atoms with Gasteiger partial charge in [-0.1, -0.05) is 33.6 Å². The number of rotatable bonds is 3. The molecule has 0 N–H and O–H groups in total. The fourth-order valence-corrected chi connectivity index (χ4v) is 2.01. The molecule has 0 heterocycles. The summed E-state index contributed by atoms with van der Waals surface area (Å²) < 4.78 is 6.75. The van der Waals surface area contributed by atoms with Gasteiger partial charge >= 0.3 is 0 Å². The average molecular weight is 332 g/mol. The first-order valence-electron chi connectivity index (χ1n) is 4.97. The molecule has 88 valence electrons. The molecule has 4 heteroatoms. The molecule has 0 aromatic heterocycles. The fraction of sp³-hybridized carbons (Fsp3) is 0.0769. The summed E-state index contributed by atoms with van der Waals surface area (Å²) in [5, 5.41) is 0.631. The van der Waals surface area contributed by atoms with Crippen molar-refractivity contribution in [3.8, 4) is 11.5 Å². The molecule has 0 amide bonds. The molecule has 0 aliphatic carbocycles. The quantitative estimate of drug-likeness (QED) is 0.662. The van der Waals surface area contributed by atoms with E-state index >= 15 is 0 Å². The van der Waals surface area contributed by atoms with E-state index in [0.717, 1.165) is 15.8 Å². The van der Waals surface area contributed by atoms with Gasteiger partial charge in [-0.05, 0) is 36.4 Å². The third kappa shape index (κ3) is 3.38. The van der Waals surface area contributed by atoms with Crippen molar-refractivity contribution in [2.24, 2.45) is 0 Å². The zero-order valence-corrected chi connectivity index (χ0v) is 11.9. The Balaban J connectivity index is 2.28. The minimum absolute atomic E-state index is 0.392. The summed E-state index contributed by atoms with van der Waals surface area (Å²) in [6.45, 7) is 0. The topological polar surface area (TPSA) is 9.23 Å². The molecule has 2 rings (SSSR count). The number of hydrogen-bond donors (Lipinski definition) is 0. The Morgan fingerprint density at radius 1 is 1.06 bits per heavy atom. The lowest BCUT2D eigenvalue weighted by atomic mass is 10.2. The van der Waals surface area contributed by atoms with Gasteiger partial charge in [0.15, 0.2) is 0 Å². The van der Waals surface area contributed by atoms with Crippen LogP contribution in [0.2, 0.25) is 5.02 Å². The van der Waals surface area contributed by atoms with Gasteiger partial charge in [-0.25, -0.2) is 0 Å². The van der Waals surface area contributed by atoms with Gasteiger partial charge in [0.1, 0.15) is 11.5 Å². The van der Waals surface area contributed by atoms with Gasteiger partial charge in [0.2, 0.25) is 0 Å². The van der Waals surface area contributed by atoms with E-state index in [1.54, 1.807) is 12.1 Å². The van der Waals surface area contributed by atoms with Crippen LogP contribution in [-0.2, 0) is 5.88 Å². The Hall–Kier alpha value is -0.700. The van der Waals surface area contributed by atoms with Gasteiger partial charge < -0.3 is 4.74 Å². The SMILES string of the molecule is ClCc1ccc(Cl)cc1Oc1ccc(Br)cc1. The van der Waals surface area contributed by atoms with Crippen molar-refractivity contribution in [2.75, 3.05) is 0 Å². The van der Waals surface area contributed by atoms with Crippen LogP contribution in [0.15, 0.2) is 46.9 Å². The second-order valence-electron chi connectivity index (χ2n) is 3.44. The van der Waals surface area contributed by atoms with Crippen LogP contribution in [0, 0.1) is 0 Å². The molecule has 0 aliphatic heterocycles. The minimum Gasteiger partial charge on any atom is -0.457 e. The summed E-state index contributed by atoms with van der Waals surface area (Å²) in [5.41, 5.74) is 0.916. The number of halogens is 3. The van der Waals surface area contributed by atoms with Crippen LogP contribution >= 0.6 is 39.1 Å². The molecule has 0 fully saturated rings. The lowest BCUT2D eigenvalue weighted by molar-refractivity contribution is 0.478. The molecule has 0 aliphatic rings. The van der Waals surface area contributed by atoms with Crippen LogP contribution in [0.1, 0.15) is 5.56 Å². The summed E-state index contributed by atoms with van der Waals surface area (Å²) in [6.07, 6.45) is 0. The van der Waals surface area contributed by atoms with E-state index < -0.39 is 0 Å². The van der Waals surface area contributed by atoms with Crippen molar-refractivity contribution in [1.82, 2.24) is 0 Å². The van der Waals surface area contributed by atoms with E-state index in [4.69, 9.17) is 27.9 Å². The molecule has 0 unspecified atom stereocenters. The second kappa shape index (κ2) is 5.76. The van der Waals surface area contributed by atoms with Gasteiger partial charge in [0, 0.05) is 15.1 Å². The highest BCUT2D eigenvalue weighted by atomic mass is 79.9. The van der Waals surface area contributed by atoms with Gasteiger partial charge in [-0.3, -0.25) is 0 Å². The molecule has 0 saturated heterocycles. The van der Waals surface area contributed by atoms with Crippen molar-refractivity contribution < 1.29 is 4.74 Å². The molecule has 0 atom stereocenters. The molecule has 2 aromatic carbocycles. The highest BCUT2D eigenvalue weighted by molar-refractivity contribution is 9.10. The van der Waals surface area contributed by atoms with Crippen LogP contribution in [0.25, 0.3) is 0 Å². The summed E-state index contributed by atoms with van der Waals surface area (Å²) in [7, 11) is 0. The van der Waals surface area contributed by atoms with Crippen molar-refractivity contribution in [1.29, 1.82) is 0 Å². The van der Waals surface area contributed by atoms with Crippen LogP contribution in [-0.4, -0.2) is 0 Å². The van der Waals surface area contributed by atoms with E-state index in [1.807, 2.05) is 30.3 Å². The van der Waals surface area contributed by atoms with Crippen molar-refractivity contribution in [3.63, 3.8) is 0 Å². The summed E-state index contributed by atoms with van der Waals surface area (Å²) in [4.78, 5) is 0. The summed E-state index contributed by atoms with van der Waals surface area (Å²) >= 11 is 15.2. The van der Waals surface area contributed by atoms with E-state index in [0.29, 0.717) is 16.7 Å². The molecular weight excluding hydrogens is 323 g/mol. The van der Waals surface area contributed by atoms with Crippen molar-refractivity contribution in [2.45, 2.75) is 5.88 Å². The number of ether oxygens (including phenoxy) is 1. The predicted molar refractivity (Wildman–Crippen MR) is 75.2 cm³/mol. The molecule has 0 saturated carbocycles. The van der Waals surface area contributed by atoms with Crippen molar-refractivity contribution >= 4 is 39.1 Å². The number of hydrogen-bond acceptors (Lipinski definition) is 1. The zero-order valence-electron chi connectivity index (χ0n) is 8.79. The Morgan fingerprint density at radius 2 is 1.76 bits per heavy atom. The predicted octanol–water partition coefficient (Wildman–Crippen LogP) is 5.63. The first-order valence-corrected chi connectivity index (χ1v) is 6.67. The second-order valence-corrected chi connectivity index (χ2v) is 5.06. The molecular formula is C13H9BrCl2O. The zero-order chi connectivity index (χ0) is 12.3. The van der Waals surface area contributed by atoms with E-state index in [9.17, 15) is 0 Å². The Kier molecular flexibility index (Phi) is 4.32. The van der Waals surface area contributed by atoms with Gasteiger partial charge in [0.25, 0.3) is 0 Å². The fourth-order valence-electron chi connectivity index (χ4n) is 1.36. The first kappa shape index (κ1) is 12.7. The Morgan fingerprint density at radius 3 is 2.41 bits per heavy atom. The molecule has 2 aromatic rings. The lowest BCUT2D eigenvalue weighted by Crippen LogP contribution is -1.89. The number of benzene rings is 2. The van der Waals surface area contributed by atoms with E-state index in [2.05, 4.69) is 15.9 Å². The van der Waals surface area contributed by atoms with Crippen LogP contribution in [0.5, 0.6) is 11.5 Å². The normalized spacial score (nSPS) is 10.3. The third-order valence-electron chi connectivity index (χ3n) is 2.21. The van der Waals surface area contributed by atoms with Gasteiger partial charge in [-0.15, -0.1) is 11.6 Å². The van der Waals surface area contributed by atoms with Gasteiger partial charge in [-0.2, -0.15) is 0 Å². The van der Waals surface area contributed by atoms with Crippen molar-refractivity contribution in [3.05, 3.63) is 57.5 Å². The van der Waals surface area contributed by atoms with Gasteiger partial charge in [0.05, 0.1) is 5.88 Å². The largest absolute Gasteiger partial charge is 0.457 e. The molecule has 0 spiro atoms. The van der Waals surface area contributed by atoms with Crippen LogP contribution in [0.4, 0.5) is 0 Å². The van der Waals surface area contributed by atoms with E-state index in [-0.39, 0.29) is 0 Å². The maximum atomic E-state index is 5.93.